The number of barbiturate groups is 1. The van der Waals surface area contributed by atoms with E-state index in [9.17, 15) is 14.4 Å². The van der Waals surface area contributed by atoms with Crippen molar-refractivity contribution >= 4 is 17.8 Å². The zero-order valence-corrected chi connectivity index (χ0v) is 11.0. The second kappa shape index (κ2) is 4.35. The van der Waals surface area contributed by atoms with Crippen LogP contribution in [-0.4, -0.2) is 54.3 Å². The van der Waals surface area contributed by atoms with Gasteiger partial charge in [0.05, 0.1) is 0 Å². The summed E-state index contributed by atoms with van der Waals surface area (Å²) in [5, 5.41) is 2.25. The number of hydrogen-bond acceptors (Lipinski definition) is 4. The van der Waals surface area contributed by atoms with E-state index in [-0.39, 0.29) is 0 Å². The summed E-state index contributed by atoms with van der Waals surface area (Å²) >= 11 is 0. The first-order valence-corrected chi connectivity index (χ1v) is 6.18. The van der Waals surface area contributed by atoms with Gasteiger partial charge in [0.15, 0.2) is 0 Å². The van der Waals surface area contributed by atoms with Gasteiger partial charge in [-0.1, -0.05) is 0 Å². The minimum absolute atomic E-state index is 0.300. The van der Waals surface area contributed by atoms with E-state index < -0.39 is 23.3 Å². The van der Waals surface area contributed by atoms with Crippen molar-refractivity contribution in [2.45, 2.75) is 20.3 Å². The number of amides is 4. The molecule has 0 bridgehead atoms. The molecule has 2 heterocycles. The molecule has 0 aromatic carbocycles. The molecule has 0 aromatic rings. The Kier molecular flexibility index (Phi) is 3.14. The molecule has 18 heavy (non-hydrogen) atoms. The van der Waals surface area contributed by atoms with Gasteiger partial charge in [-0.05, 0) is 39.8 Å². The van der Waals surface area contributed by atoms with Gasteiger partial charge in [0.1, 0.15) is 5.41 Å². The predicted octanol–water partition coefficient (Wildman–Crippen LogP) is 0.0427. The lowest BCUT2D eigenvalue weighted by Crippen LogP contribution is -2.62. The van der Waals surface area contributed by atoms with Gasteiger partial charge in [-0.15, -0.1) is 0 Å². The Bertz CT molecular complexity index is 405. The van der Waals surface area contributed by atoms with Crippen LogP contribution in [0.5, 0.6) is 0 Å². The van der Waals surface area contributed by atoms with Crippen LogP contribution in [0, 0.1) is 11.3 Å². The van der Waals surface area contributed by atoms with Crippen LogP contribution in [0.1, 0.15) is 20.3 Å². The third kappa shape index (κ3) is 2.12. The quantitative estimate of drug-likeness (QED) is 0.706. The fourth-order valence-corrected chi connectivity index (χ4v) is 2.45. The highest BCUT2D eigenvalue weighted by Gasteiger charge is 2.47. The van der Waals surface area contributed by atoms with Crippen LogP contribution in [-0.2, 0) is 9.59 Å². The van der Waals surface area contributed by atoms with Crippen molar-refractivity contribution < 1.29 is 14.4 Å². The van der Waals surface area contributed by atoms with Crippen molar-refractivity contribution in [2.24, 2.45) is 11.3 Å². The highest BCUT2D eigenvalue weighted by atomic mass is 16.2. The maximum atomic E-state index is 12.2. The van der Waals surface area contributed by atoms with Gasteiger partial charge >= 0.3 is 6.03 Å². The van der Waals surface area contributed by atoms with Crippen LogP contribution >= 0.6 is 0 Å². The molecule has 1 atom stereocenters. The molecular weight excluding hydrogens is 234 g/mol. The van der Waals surface area contributed by atoms with Crippen molar-refractivity contribution in [2.75, 3.05) is 26.7 Å². The number of imide groups is 2. The fourth-order valence-electron chi connectivity index (χ4n) is 2.45. The zero-order chi connectivity index (χ0) is 13.5. The zero-order valence-electron chi connectivity index (χ0n) is 11.0. The van der Waals surface area contributed by atoms with Crippen LogP contribution in [0.3, 0.4) is 0 Å². The first kappa shape index (κ1) is 13.0. The van der Waals surface area contributed by atoms with Crippen molar-refractivity contribution in [1.82, 2.24) is 15.1 Å². The number of urea groups is 1. The van der Waals surface area contributed by atoms with E-state index in [2.05, 4.69) is 10.2 Å². The molecule has 0 aromatic heterocycles. The monoisotopic (exact) mass is 253 g/mol. The maximum Gasteiger partial charge on any atom is 0.330 e. The van der Waals surface area contributed by atoms with Crippen LogP contribution in [0.25, 0.3) is 0 Å². The Morgan fingerprint density at radius 1 is 1.33 bits per heavy atom. The van der Waals surface area contributed by atoms with Crippen LogP contribution in [0.4, 0.5) is 4.79 Å². The molecule has 0 aliphatic carbocycles. The van der Waals surface area contributed by atoms with Crippen LogP contribution < -0.4 is 5.32 Å². The highest BCUT2D eigenvalue weighted by Crippen LogP contribution is 2.25. The fraction of sp³-hybridized carbons (Fsp3) is 0.750. The average Bonchev–Trinajstić information content (AvgIpc) is 2.68. The Morgan fingerprint density at radius 3 is 2.56 bits per heavy atom. The molecule has 1 unspecified atom stereocenters. The van der Waals surface area contributed by atoms with E-state index in [1.807, 2.05) is 7.05 Å². The van der Waals surface area contributed by atoms with Crippen LogP contribution in [0.15, 0.2) is 0 Å². The van der Waals surface area contributed by atoms with Crippen LogP contribution in [0.2, 0.25) is 0 Å². The normalized spacial score (nSPS) is 28.7. The number of carbonyl (C=O) groups excluding carboxylic acids is 3. The summed E-state index contributed by atoms with van der Waals surface area (Å²) in [6, 6.07) is -0.584. The van der Waals surface area contributed by atoms with Crippen molar-refractivity contribution in [1.29, 1.82) is 0 Å². The Balaban J connectivity index is 2.09. The van der Waals surface area contributed by atoms with Gasteiger partial charge in [0.25, 0.3) is 0 Å². The van der Waals surface area contributed by atoms with E-state index in [1.54, 1.807) is 13.8 Å². The molecule has 0 spiro atoms. The van der Waals surface area contributed by atoms with Crippen molar-refractivity contribution in [3.05, 3.63) is 0 Å². The third-order valence-electron chi connectivity index (χ3n) is 3.74. The minimum Gasteiger partial charge on any atom is -0.306 e. The molecule has 100 valence electrons. The molecule has 0 radical (unpaired) electrons. The average molecular weight is 253 g/mol. The summed E-state index contributed by atoms with van der Waals surface area (Å²) in [4.78, 5) is 38.8. The number of nitrogens with one attached hydrogen (secondary N) is 1. The standard InChI is InChI=1S/C12H19N3O3/c1-12(2)9(16)13-11(18)15(10(12)17)7-8-4-5-14(3)6-8/h8H,4-7H2,1-3H3,(H,13,16,18). The van der Waals surface area contributed by atoms with E-state index in [0.29, 0.717) is 12.5 Å². The lowest BCUT2D eigenvalue weighted by Gasteiger charge is -2.35. The molecule has 2 aliphatic rings. The highest BCUT2D eigenvalue weighted by molar-refractivity contribution is 6.18. The SMILES string of the molecule is CN1CCC(CN2C(=O)NC(=O)C(C)(C)C2=O)C1. The summed E-state index contributed by atoms with van der Waals surface area (Å²) in [5.41, 5.74) is -1.15. The van der Waals surface area contributed by atoms with E-state index in [0.717, 1.165) is 19.5 Å². The molecule has 6 heteroatoms. The smallest absolute Gasteiger partial charge is 0.306 e. The number of carbonyl (C=O) groups is 3. The third-order valence-corrected chi connectivity index (χ3v) is 3.74. The molecule has 2 fully saturated rings. The van der Waals surface area contributed by atoms with Gasteiger partial charge in [-0.3, -0.25) is 19.8 Å². The summed E-state index contributed by atoms with van der Waals surface area (Å²) < 4.78 is 0. The molecular formula is C12H19N3O3. The Hall–Kier alpha value is -1.43. The van der Waals surface area contributed by atoms with E-state index >= 15 is 0 Å². The van der Waals surface area contributed by atoms with Crippen molar-refractivity contribution in [3.8, 4) is 0 Å². The lowest BCUT2D eigenvalue weighted by atomic mass is 9.88. The summed E-state index contributed by atoms with van der Waals surface area (Å²) in [5.74, 6) is -0.614. The molecule has 2 rings (SSSR count). The molecule has 1 N–H and O–H groups in total. The number of rotatable bonds is 2. The maximum absolute atomic E-state index is 12.2. The lowest BCUT2D eigenvalue weighted by molar-refractivity contribution is -0.149. The molecule has 2 saturated heterocycles. The van der Waals surface area contributed by atoms with E-state index in [1.165, 1.54) is 4.90 Å². The minimum atomic E-state index is -1.15. The number of nitrogens with zero attached hydrogens (tertiary/aromatic N) is 2. The van der Waals surface area contributed by atoms with Gasteiger partial charge < -0.3 is 4.90 Å². The first-order valence-electron chi connectivity index (χ1n) is 6.18. The van der Waals surface area contributed by atoms with Gasteiger partial charge in [0.2, 0.25) is 11.8 Å². The summed E-state index contributed by atoms with van der Waals surface area (Å²) in [6.07, 6.45) is 0.974. The number of hydrogen-bond donors (Lipinski definition) is 1. The Labute approximate surface area is 106 Å². The van der Waals surface area contributed by atoms with E-state index in [4.69, 9.17) is 0 Å². The first-order chi connectivity index (χ1) is 8.32. The molecule has 2 aliphatic heterocycles. The van der Waals surface area contributed by atoms with Crippen molar-refractivity contribution in [3.63, 3.8) is 0 Å². The molecule has 6 nitrogen and oxygen atoms in total. The topological polar surface area (TPSA) is 69.7 Å². The second-order valence-corrected chi connectivity index (χ2v) is 5.72. The second-order valence-electron chi connectivity index (χ2n) is 5.72. The molecule has 4 amide bonds. The summed E-state index contributed by atoms with van der Waals surface area (Å²) in [6.45, 7) is 5.35. The Morgan fingerprint density at radius 2 is 2.00 bits per heavy atom. The number of likely N-dealkylation sites (tertiary alicyclic amines) is 1. The predicted molar refractivity (Wildman–Crippen MR) is 64.6 cm³/mol. The van der Waals surface area contributed by atoms with Gasteiger partial charge in [0, 0.05) is 13.1 Å². The largest absolute Gasteiger partial charge is 0.330 e. The summed E-state index contributed by atoms with van der Waals surface area (Å²) in [7, 11) is 2.02. The molecule has 0 saturated carbocycles. The van der Waals surface area contributed by atoms with Gasteiger partial charge in [-0.2, -0.15) is 0 Å². The van der Waals surface area contributed by atoms with Gasteiger partial charge in [-0.25, -0.2) is 4.79 Å².